The van der Waals surface area contributed by atoms with E-state index in [0.29, 0.717) is 12.6 Å². The van der Waals surface area contributed by atoms with Crippen LogP contribution < -0.4 is 5.32 Å². The molecule has 1 unspecified atom stereocenters. The number of carbonyl (C=O) groups is 1. The Bertz CT molecular complexity index is 357. The van der Waals surface area contributed by atoms with E-state index >= 15 is 0 Å². The molecule has 15 heavy (non-hydrogen) atoms. The molecule has 0 aliphatic heterocycles. The number of rotatable bonds is 5. The Labute approximate surface area is 88.1 Å². The van der Waals surface area contributed by atoms with Crippen LogP contribution >= 0.6 is 0 Å². The zero-order chi connectivity index (χ0) is 10.8. The van der Waals surface area contributed by atoms with Crippen LogP contribution in [0.2, 0.25) is 0 Å². The van der Waals surface area contributed by atoms with Gasteiger partial charge in [-0.25, -0.2) is 9.78 Å². The van der Waals surface area contributed by atoms with E-state index in [1.165, 1.54) is 12.8 Å². The molecule has 0 spiro atoms. The Morgan fingerprint density at radius 2 is 2.53 bits per heavy atom. The summed E-state index contributed by atoms with van der Waals surface area (Å²) in [7, 11) is 0. The lowest BCUT2D eigenvalue weighted by atomic mass is 10.3. The van der Waals surface area contributed by atoms with Gasteiger partial charge in [-0.15, -0.1) is 0 Å². The number of aliphatic carboxylic acids is 1. The largest absolute Gasteiger partial charge is 0.480 e. The van der Waals surface area contributed by atoms with Gasteiger partial charge in [0, 0.05) is 18.4 Å². The molecule has 0 radical (unpaired) electrons. The van der Waals surface area contributed by atoms with Gasteiger partial charge in [0.25, 0.3) is 0 Å². The minimum absolute atomic E-state index is 0.552. The second-order valence-electron chi connectivity index (χ2n) is 3.92. The van der Waals surface area contributed by atoms with E-state index in [4.69, 9.17) is 5.11 Å². The van der Waals surface area contributed by atoms with Crippen LogP contribution in [0.5, 0.6) is 0 Å². The SMILES string of the molecule is CC(C(=O)O)n1ccnc1CNC1CC1. The van der Waals surface area contributed by atoms with Crippen LogP contribution in [0.3, 0.4) is 0 Å². The second kappa shape index (κ2) is 4.02. The van der Waals surface area contributed by atoms with Crippen LogP contribution in [-0.2, 0) is 11.3 Å². The zero-order valence-electron chi connectivity index (χ0n) is 8.68. The highest BCUT2D eigenvalue weighted by Crippen LogP contribution is 2.19. The summed E-state index contributed by atoms with van der Waals surface area (Å²) in [6.07, 6.45) is 5.79. The summed E-state index contributed by atoms with van der Waals surface area (Å²) in [5, 5.41) is 12.2. The monoisotopic (exact) mass is 209 g/mol. The molecule has 1 fully saturated rings. The number of aromatic nitrogens is 2. The standard InChI is InChI=1S/C10H15N3O2/c1-7(10(14)15)13-5-4-11-9(13)6-12-8-2-3-8/h4-5,7-8,12H,2-3,6H2,1H3,(H,14,15). The van der Waals surface area contributed by atoms with Gasteiger partial charge in [0.2, 0.25) is 0 Å². The molecular formula is C10H15N3O2. The predicted molar refractivity (Wildman–Crippen MR) is 54.4 cm³/mol. The molecule has 2 N–H and O–H groups in total. The Balaban J connectivity index is 2.02. The summed E-state index contributed by atoms with van der Waals surface area (Å²) in [4.78, 5) is 15.0. The third kappa shape index (κ3) is 2.36. The number of hydrogen-bond donors (Lipinski definition) is 2. The predicted octanol–water partition coefficient (Wildman–Crippen LogP) is 0.781. The number of hydrogen-bond acceptors (Lipinski definition) is 3. The molecule has 0 bridgehead atoms. The highest BCUT2D eigenvalue weighted by Gasteiger charge is 2.22. The van der Waals surface area contributed by atoms with Gasteiger partial charge >= 0.3 is 5.97 Å². The van der Waals surface area contributed by atoms with E-state index in [1.807, 2.05) is 0 Å². The van der Waals surface area contributed by atoms with Gasteiger partial charge < -0.3 is 15.0 Å². The van der Waals surface area contributed by atoms with Crippen molar-refractivity contribution < 1.29 is 9.90 Å². The van der Waals surface area contributed by atoms with Crippen LogP contribution in [0.1, 0.15) is 31.6 Å². The van der Waals surface area contributed by atoms with E-state index in [1.54, 1.807) is 23.9 Å². The maximum Gasteiger partial charge on any atom is 0.326 e. The van der Waals surface area contributed by atoms with Crippen LogP contribution in [0.4, 0.5) is 0 Å². The third-order valence-corrected chi connectivity index (χ3v) is 2.65. The minimum Gasteiger partial charge on any atom is -0.480 e. The van der Waals surface area contributed by atoms with Gasteiger partial charge in [-0.3, -0.25) is 0 Å². The Hall–Kier alpha value is -1.36. The first kappa shape index (κ1) is 10.2. The smallest absolute Gasteiger partial charge is 0.326 e. The van der Waals surface area contributed by atoms with Gasteiger partial charge in [0.15, 0.2) is 0 Å². The quantitative estimate of drug-likeness (QED) is 0.752. The summed E-state index contributed by atoms with van der Waals surface area (Å²) in [6.45, 7) is 2.31. The lowest BCUT2D eigenvalue weighted by Crippen LogP contribution is -2.22. The Morgan fingerprint density at radius 1 is 1.80 bits per heavy atom. The van der Waals surface area contributed by atoms with Crippen molar-refractivity contribution in [2.45, 2.75) is 38.4 Å². The number of carboxylic acids is 1. The topological polar surface area (TPSA) is 67.1 Å². The van der Waals surface area contributed by atoms with Gasteiger partial charge in [0.05, 0.1) is 6.54 Å². The van der Waals surface area contributed by atoms with Crippen LogP contribution in [0.15, 0.2) is 12.4 Å². The van der Waals surface area contributed by atoms with E-state index in [0.717, 1.165) is 5.82 Å². The number of nitrogens with zero attached hydrogens (tertiary/aromatic N) is 2. The maximum absolute atomic E-state index is 10.8. The number of imidazole rings is 1. The molecule has 1 heterocycles. The summed E-state index contributed by atoms with van der Waals surface area (Å²) in [5.41, 5.74) is 0. The fraction of sp³-hybridized carbons (Fsp3) is 0.600. The maximum atomic E-state index is 10.8. The van der Waals surface area contributed by atoms with Crippen molar-refractivity contribution in [1.82, 2.24) is 14.9 Å². The van der Waals surface area contributed by atoms with E-state index in [2.05, 4.69) is 10.3 Å². The molecule has 0 saturated heterocycles. The zero-order valence-corrected chi connectivity index (χ0v) is 8.68. The highest BCUT2D eigenvalue weighted by molar-refractivity contribution is 5.71. The fourth-order valence-corrected chi connectivity index (χ4v) is 1.48. The molecule has 82 valence electrons. The van der Waals surface area contributed by atoms with Crippen LogP contribution in [-0.4, -0.2) is 26.7 Å². The van der Waals surface area contributed by atoms with Crippen molar-refractivity contribution in [3.63, 3.8) is 0 Å². The normalized spacial score (nSPS) is 17.7. The third-order valence-electron chi connectivity index (χ3n) is 2.65. The van der Waals surface area contributed by atoms with Crippen LogP contribution in [0.25, 0.3) is 0 Å². The molecule has 5 nitrogen and oxygen atoms in total. The van der Waals surface area contributed by atoms with Crippen molar-refractivity contribution in [2.24, 2.45) is 0 Å². The molecule has 1 aliphatic rings. The molecule has 1 aliphatic carbocycles. The van der Waals surface area contributed by atoms with Crippen molar-refractivity contribution >= 4 is 5.97 Å². The lowest BCUT2D eigenvalue weighted by molar-refractivity contribution is -0.140. The van der Waals surface area contributed by atoms with E-state index < -0.39 is 12.0 Å². The Morgan fingerprint density at radius 3 is 3.13 bits per heavy atom. The number of nitrogens with one attached hydrogen (secondary N) is 1. The first-order chi connectivity index (χ1) is 7.18. The van der Waals surface area contributed by atoms with Crippen LogP contribution in [0, 0.1) is 0 Å². The molecule has 1 atom stereocenters. The van der Waals surface area contributed by atoms with Crippen molar-refractivity contribution in [3.05, 3.63) is 18.2 Å². The van der Waals surface area contributed by atoms with Crippen molar-refractivity contribution in [1.29, 1.82) is 0 Å². The second-order valence-corrected chi connectivity index (χ2v) is 3.92. The van der Waals surface area contributed by atoms with Gasteiger partial charge in [-0.2, -0.15) is 0 Å². The van der Waals surface area contributed by atoms with Gasteiger partial charge in [-0.1, -0.05) is 0 Å². The average molecular weight is 209 g/mol. The molecule has 1 aromatic heterocycles. The first-order valence-electron chi connectivity index (χ1n) is 5.16. The number of carboxylic acid groups (broad SMARTS) is 1. The summed E-state index contributed by atoms with van der Waals surface area (Å²) in [6, 6.07) is 0.0544. The molecule has 0 amide bonds. The molecule has 0 aromatic carbocycles. The highest BCUT2D eigenvalue weighted by atomic mass is 16.4. The summed E-state index contributed by atoms with van der Waals surface area (Å²) in [5.74, 6) is -0.0440. The van der Waals surface area contributed by atoms with Gasteiger partial charge in [0.1, 0.15) is 11.9 Å². The molecular weight excluding hydrogens is 194 g/mol. The molecule has 5 heteroatoms. The summed E-state index contributed by atoms with van der Waals surface area (Å²) < 4.78 is 1.69. The average Bonchev–Trinajstić information content (AvgIpc) is 2.92. The molecule has 2 rings (SSSR count). The Kier molecular flexibility index (Phi) is 2.73. The minimum atomic E-state index is -0.833. The molecule has 1 aromatic rings. The molecule has 1 saturated carbocycles. The van der Waals surface area contributed by atoms with Crippen molar-refractivity contribution in [3.8, 4) is 0 Å². The van der Waals surface area contributed by atoms with E-state index in [9.17, 15) is 4.79 Å². The lowest BCUT2D eigenvalue weighted by Gasteiger charge is -2.12. The first-order valence-corrected chi connectivity index (χ1v) is 5.16. The van der Waals surface area contributed by atoms with E-state index in [-0.39, 0.29) is 0 Å². The van der Waals surface area contributed by atoms with Gasteiger partial charge in [-0.05, 0) is 19.8 Å². The fourth-order valence-electron chi connectivity index (χ4n) is 1.48. The van der Waals surface area contributed by atoms with Crippen molar-refractivity contribution in [2.75, 3.05) is 0 Å². The summed E-state index contributed by atoms with van der Waals surface area (Å²) >= 11 is 0.